The Kier molecular flexibility index (Phi) is 6.59. The van der Waals surface area contributed by atoms with Crippen LogP contribution in [-0.4, -0.2) is 40.8 Å². The quantitative estimate of drug-likeness (QED) is 0.823. The zero-order valence-electron chi connectivity index (χ0n) is 16.8. The van der Waals surface area contributed by atoms with E-state index >= 15 is 0 Å². The summed E-state index contributed by atoms with van der Waals surface area (Å²) in [6.45, 7) is 9.83. The van der Waals surface area contributed by atoms with Gasteiger partial charge in [-0.1, -0.05) is 17.7 Å². The van der Waals surface area contributed by atoms with Crippen molar-refractivity contribution in [1.82, 2.24) is 15.2 Å². The number of amides is 2. The number of benzene rings is 1. The van der Waals surface area contributed by atoms with Crippen LogP contribution in [0.1, 0.15) is 46.7 Å². The Balaban J connectivity index is 1.98. The number of hydrogen-bond acceptors (Lipinski definition) is 5. The summed E-state index contributed by atoms with van der Waals surface area (Å²) >= 11 is 1.30. The van der Waals surface area contributed by atoms with E-state index in [9.17, 15) is 9.59 Å². The van der Waals surface area contributed by atoms with E-state index in [1.165, 1.54) is 21.8 Å². The number of likely N-dealkylation sites (N-methyl/N-ethyl adjacent to an activating group) is 1. The van der Waals surface area contributed by atoms with Crippen LogP contribution in [0.15, 0.2) is 24.3 Å². The van der Waals surface area contributed by atoms with Crippen LogP contribution in [0.2, 0.25) is 0 Å². The smallest absolute Gasteiger partial charge is 0.266 e. The van der Waals surface area contributed by atoms with Gasteiger partial charge in [0.1, 0.15) is 22.2 Å². The highest BCUT2D eigenvalue weighted by Gasteiger charge is 2.22. The van der Waals surface area contributed by atoms with Gasteiger partial charge in [0.05, 0.1) is 12.2 Å². The Morgan fingerprint density at radius 1 is 1.19 bits per heavy atom. The second-order valence-electron chi connectivity index (χ2n) is 7.58. The molecule has 27 heavy (non-hydrogen) atoms. The van der Waals surface area contributed by atoms with Crippen LogP contribution in [0, 0.1) is 13.8 Å². The summed E-state index contributed by atoms with van der Waals surface area (Å²) in [5.41, 5.74) is 1.48. The van der Waals surface area contributed by atoms with Gasteiger partial charge < -0.3 is 15.0 Å². The summed E-state index contributed by atoms with van der Waals surface area (Å²) < 4.78 is 5.73. The highest BCUT2D eigenvalue weighted by atomic mass is 32.1. The average Bonchev–Trinajstić information content (AvgIpc) is 2.92. The van der Waals surface area contributed by atoms with Crippen molar-refractivity contribution in [3.05, 3.63) is 45.4 Å². The molecular weight excluding hydrogens is 362 g/mol. The van der Waals surface area contributed by atoms with E-state index in [0.717, 1.165) is 10.8 Å². The molecule has 7 heteroatoms. The minimum Gasteiger partial charge on any atom is -0.486 e. The number of carbonyl (C=O) groups is 2. The highest BCUT2D eigenvalue weighted by Crippen LogP contribution is 2.22. The third-order valence-electron chi connectivity index (χ3n) is 3.66. The predicted octanol–water partition coefficient (Wildman–Crippen LogP) is 3.33. The number of thiazole rings is 1. The Morgan fingerprint density at radius 3 is 2.41 bits per heavy atom. The molecule has 1 N–H and O–H groups in total. The van der Waals surface area contributed by atoms with Crippen molar-refractivity contribution in [2.75, 3.05) is 13.6 Å². The van der Waals surface area contributed by atoms with Crippen LogP contribution in [0.4, 0.5) is 0 Å². The molecule has 0 aliphatic heterocycles. The monoisotopic (exact) mass is 389 g/mol. The number of aromatic nitrogens is 1. The van der Waals surface area contributed by atoms with Crippen LogP contribution >= 0.6 is 11.3 Å². The minimum atomic E-state index is -0.331. The maximum Gasteiger partial charge on any atom is 0.266 e. The first kappa shape index (κ1) is 20.9. The Labute approximate surface area is 164 Å². The zero-order chi connectivity index (χ0) is 20.2. The molecule has 146 valence electrons. The van der Waals surface area contributed by atoms with Gasteiger partial charge in [0, 0.05) is 12.6 Å². The molecule has 2 amide bonds. The fourth-order valence-electron chi connectivity index (χ4n) is 2.41. The third kappa shape index (κ3) is 6.36. The molecule has 0 fully saturated rings. The van der Waals surface area contributed by atoms with Gasteiger partial charge in [0.2, 0.25) is 5.91 Å². The van der Waals surface area contributed by atoms with Crippen molar-refractivity contribution in [2.45, 2.75) is 46.8 Å². The number of nitrogens with zero attached hydrogens (tertiary/aromatic N) is 2. The summed E-state index contributed by atoms with van der Waals surface area (Å²) in [4.78, 5) is 31.1. The molecule has 0 radical (unpaired) electrons. The molecule has 0 saturated carbocycles. The van der Waals surface area contributed by atoms with Gasteiger partial charge in [0.25, 0.3) is 5.91 Å². The number of carbonyl (C=O) groups excluding carboxylic acids is 2. The standard InChI is InChI=1S/C20H27N3O3S/c1-13-7-9-15(10-8-13)26-12-17-21-14(2)18(27-17)19(25)23(6)11-16(24)22-20(3,4)5/h7-10H,11-12H2,1-6H3,(H,22,24). The van der Waals surface area contributed by atoms with Crippen LogP contribution in [0.5, 0.6) is 5.75 Å². The van der Waals surface area contributed by atoms with E-state index in [1.54, 1.807) is 14.0 Å². The maximum absolute atomic E-state index is 12.7. The predicted molar refractivity (Wildman–Crippen MR) is 107 cm³/mol. The third-order valence-corrected chi connectivity index (χ3v) is 4.78. The van der Waals surface area contributed by atoms with Crippen molar-refractivity contribution < 1.29 is 14.3 Å². The summed E-state index contributed by atoms with van der Waals surface area (Å²) in [6.07, 6.45) is 0. The van der Waals surface area contributed by atoms with Gasteiger partial charge in [-0.05, 0) is 46.8 Å². The van der Waals surface area contributed by atoms with Crippen molar-refractivity contribution >= 4 is 23.2 Å². The number of hydrogen-bond donors (Lipinski definition) is 1. The fraction of sp³-hybridized carbons (Fsp3) is 0.450. The fourth-order valence-corrected chi connectivity index (χ4v) is 3.38. The first-order valence-electron chi connectivity index (χ1n) is 8.77. The van der Waals surface area contributed by atoms with Crippen molar-refractivity contribution in [1.29, 1.82) is 0 Å². The van der Waals surface area contributed by atoms with Crippen LogP contribution in [-0.2, 0) is 11.4 Å². The molecule has 2 aromatic rings. The number of aryl methyl sites for hydroxylation is 2. The van der Waals surface area contributed by atoms with Crippen LogP contribution in [0.25, 0.3) is 0 Å². The highest BCUT2D eigenvalue weighted by molar-refractivity contribution is 7.13. The molecule has 1 aromatic heterocycles. The van der Waals surface area contributed by atoms with Crippen LogP contribution in [0.3, 0.4) is 0 Å². The molecule has 0 saturated heterocycles. The Hall–Kier alpha value is -2.41. The second-order valence-corrected chi connectivity index (χ2v) is 8.67. The minimum absolute atomic E-state index is 0.00262. The SMILES string of the molecule is Cc1ccc(OCc2nc(C)c(C(=O)N(C)CC(=O)NC(C)(C)C)s2)cc1. The van der Waals surface area contributed by atoms with E-state index in [-0.39, 0.29) is 23.9 Å². The van der Waals surface area contributed by atoms with E-state index in [0.29, 0.717) is 17.2 Å². The van der Waals surface area contributed by atoms with Crippen molar-refractivity contribution in [2.24, 2.45) is 0 Å². The molecule has 0 unspecified atom stereocenters. The average molecular weight is 390 g/mol. The van der Waals surface area contributed by atoms with E-state index in [4.69, 9.17) is 4.74 Å². The van der Waals surface area contributed by atoms with E-state index in [2.05, 4.69) is 10.3 Å². The molecule has 0 aliphatic carbocycles. The lowest BCUT2D eigenvalue weighted by Gasteiger charge is -2.23. The molecule has 0 atom stereocenters. The summed E-state index contributed by atoms with van der Waals surface area (Å²) in [6, 6.07) is 7.77. The van der Waals surface area contributed by atoms with Gasteiger partial charge >= 0.3 is 0 Å². The van der Waals surface area contributed by atoms with Gasteiger partial charge in [-0.25, -0.2) is 4.98 Å². The molecule has 0 aliphatic rings. The molecule has 2 rings (SSSR count). The van der Waals surface area contributed by atoms with Gasteiger partial charge in [-0.15, -0.1) is 11.3 Å². The topological polar surface area (TPSA) is 71.5 Å². The van der Waals surface area contributed by atoms with Gasteiger partial charge in [0.15, 0.2) is 0 Å². The summed E-state index contributed by atoms with van der Waals surface area (Å²) in [5, 5.41) is 3.58. The lowest BCUT2D eigenvalue weighted by molar-refractivity contribution is -0.122. The van der Waals surface area contributed by atoms with Crippen molar-refractivity contribution in [3.8, 4) is 5.75 Å². The summed E-state index contributed by atoms with van der Waals surface area (Å²) in [5.74, 6) is 0.358. The lowest BCUT2D eigenvalue weighted by atomic mass is 10.1. The lowest BCUT2D eigenvalue weighted by Crippen LogP contribution is -2.46. The van der Waals surface area contributed by atoms with Gasteiger partial charge in [-0.2, -0.15) is 0 Å². The number of rotatable bonds is 6. The molecule has 6 nitrogen and oxygen atoms in total. The zero-order valence-corrected chi connectivity index (χ0v) is 17.6. The molecule has 0 spiro atoms. The molecule has 1 aromatic carbocycles. The number of nitrogens with one attached hydrogen (secondary N) is 1. The Morgan fingerprint density at radius 2 is 1.81 bits per heavy atom. The Bertz CT molecular complexity index is 807. The summed E-state index contributed by atoms with van der Waals surface area (Å²) in [7, 11) is 1.62. The van der Waals surface area contributed by atoms with Crippen molar-refractivity contribution in [3.63, 3.8) is 0 Å². The molecular formula is C20H27N3O3S. The first-order chi connectivity index (χ1) is 12.5. The van der Waals surface area contributed by atoms with Gasteiger partial charge in [-0.3, -0.25) is 9.59 Å². The first-order valence-corrected chi connectivity index (χ1v) is 9.59. The largest absolute Gasteiger partial charge is 0.486 e. The normalized spacial score (nSPS) is 11.2. The molecule has 0 bridgehead atoms. The number of ether oxygens (including phenoxy) is 1. The second kappa shape index (κ2) is 8.52. The molecule has 1 heterocycles. The van der Waals surface area contributed by atoms with Crippen LogP contribution < -0.4 is 10.1 Å². The van der Waals surface area contributed by atoms with E-state index < -0.39 is 0 Å². The maximum atomic E-state index is 12.7. The van der Waals surface area contributed by atoms with E-state index in [1.807, 2.05) is 52.0 Å².